The summed E-state index contributed by atoms with van der Waals surface area (Å²) in [6.45, 7) is 2.31. The third-order valence-electron chi connectivity index (χ3n) is 6.94. The smallest absolute Gasteiger partial charge is 0.243 e. The van der Waals surface area contributed by atoms with Crippen LogP contribution in [0.1, 0.15) is 36.4 Å². The highest BCUT2D eigenvalue weighted by Gasteiger charge is 2.65. The molecule has 3 heterocycles. The molecule has 0 aromatic heterocycles. The van der Waals surface area contributed by atoms with Crippen molar-refractivity contribution in [3.8, 4) is 5.75 Å². The SMILES string of the molecule is COc1ccccc1CN1C[C@@H]2C[C@@H](c3ccc(F)cc3)N3CCC[C@@]23C1=O. The van der Waals surface area contributed by atoms with Crippen molar-refractivity contribution in [3.05, 3.63) is 65.5 Å². The predicted molar refractivity (Wildman–Crippen MR) is 104 cm³/mol. The molecule has 2 aromatic rings. The van der Waals surface area contributed by atoms with Crippen molar-refractivity contribution in [1.29, 1.82) is 0 Å². The Hall–Kier alpha value is -2.40. The maximum absolute atomic E-state index is 13.6. The van der Waals surface area contributed by atoms with E-state index in [-0.39, 0.29) is 23.3 Å². The van der Waals surface area contributed by atoms with Gasteiger partial charge in [0.05, 0.1) is 7.11 Å². The highest BCUT2D eigenvalue weighted by atomic mass is 19.1. The van der Waals surface area contributed by atoms with Crippen molar-refractivity contribution in [2.24, 2.45) is 5.92 Å². The molecule has 5 rings (SSSR count). The summed E-state index contributed by atoms with van der Waals surface area (Å²) in [4.78, 5) is 18.0. The molecule has 3 aliphatic rings. The fourth-order valence-corrected chi connectivity index (χ4v) is 5.76. The molecule has 0 radical (unpaired) electrons. The number of para-hydroxylation sites is 1. The van der Waals surface area contributed by atoms with Gasteiger partial charge in [-0.3, -0.25) is 9.69 Å². The van der Waals surface area contributed by atoms with Crippen LogP contribution in [-0.4, -0.2) is 41.4 Å². The van der Waals surface area contributed by atoms with E-state index in [0.717, 1.165) is 49.2 Å². The fraction of sp³-hybridized carbons (Fsp3) is 0.435. The van der Waals surface area contributed by atoms with Crippen molar-refractivity contribution in [1.82, 2.24) is 9.80 Å². The molecule has 3 aliphatic heterocycles. The summed E-state index contributed by atoms with van der Waals surface area (Å²) in [5.41, 5.74) is 1.80. The first kappa shape index (κ1) is 17.7. The minimum Gasteiger partial charge on any atom is -0.496 e. The van der Waals surface area contributed by atoms with Gasteiger partial charge in [0, 0.05) is 30.6 Å². The molecule has 4 nitrogen and oxygen atoms in total. The third kappa shape index (κ3) is 2.49. The average Bonchev–Trinajstić information content (AvgIpc) is 3.34. The van der Waals surface area contributed by atoms with Crippen LogP contribution in [0.4, 0.5) is 4.39 Å². The topological polar surface area (TPSA) is 32.8 Å². The lowest BCUT2D eigenvalue weighted by Gasteiger charge is -2.33. The van der Waals surface area contributed by atoms with Gasteiger partial charge >= 0.3 is 0 Å². The Morgan fingerprint density at radius 1 is 1.18 bits per heavy atom. The number of nitrogens with zero attached hydrogens (tertiary/aromatic N) is 2. The van der Waals surface area contributed by atoms with Gasteiger partial charge in [0.15, 0.2) is 0 Å². The van der Waals surface area contributed by atoms with E-state index in [1.807, 2.05) is 41.3 Å². The van der Waals surface area contributed by atoms with Crippen LogP contribution in [0.2, 0.25) is 0 Å². The Balaban J connectivity index is 1.42. The van der Waals surface area contributed by atoms with Crippen LogP contribution in [0, 0.1) is 11.7 Å². The van der Waals surface area contributed by atoms with Crippen LogP contribution in [0.15, 0.2) is 48.5 Å². The molecular formula is C23H25FN2O2. The highest BCUT2D eigenvalue weighted by molar-refractivity contribution is 5.90. The summed E-state index contributed by atoms with van der Waals surface area (Å²) in [5, 5.41) is 0. The van der Waals surface area contributed by atoms with Crippen LogP contribution < -0.4 is 4.74 Å². The Labute approximate surface area is 164 Å². The zero-order valence-corrected chi connectivity index (χ0v) is 16.1. The molecule has 28 heavy (non-hydrogen) atoms. The molecule has 0 bridgehead atoms. The van der Waals surface area contributed by atoms with E-state index in [9.17, 15) is 9.18 Å². The minimum atomic E-state index is -0.374. The van der Waals surface area contributed by atoms with Crippen molar-refractivity contribution in [2.45, 2.75) is 37.4 Å². The van der Waals surface area contributed by atoms with Crippen LogP contribution in [0.25, 0.3) is 0 Å². The average molecular weight is 380 g/mol. The van der Waals surface area contributed by atoms with E-state index in [1.165, 1.54) is 12.1 Å². The molecule has 3 fully saturated rings. The van der Waals surface area contributed by atoms with E-state index >= 15 is 0 Å². The number of halogens is 1. The maximum atomic E-state index is 13.6. The van der Waals surface area contributed by atoms with Gasteiger partial charge in [0.2, 0.25) is 5.91 Å². The number of ether oxygens (including phenoxy) is 1. The number of carbonyl (C=O) groups is 1. The van der Waals surface area contributed by atoms with Crippen molar-refractivity contribution < 1.29 is 13.9 Å². The van der Waals surface area contributed by atoms with Gasteiger partial charge in [-0.15, -0.1) is 0 Å². The second-order valence-electron chi connectivity index (χ2n) is 8.22. The van der Waals surface area contributed by atoms with Gasteiger partial charge in [-0.05, 0) is 49.6 Å². The summed E-state index contributed by atoms with van der Waals surface area (Å²) in [7, 11) is 1.67. The van der Waals surface area contributed by atoms with Gasteiger partial charge in [0.25, 0.3) is 0 Å². The second-order valence-corrected chi connectivity index (χ2v) is 8.22. The second kappa shape index (κ2) is 6.59. The molecule has 3 saturated heterocycles. The summed E-state index contributed by atoms with van der Waals surface area (Å²) in [6, 6.07) is 15.0. The number of carbonyl (C=O) groups excluding carboxylic acids is 1. The Kier molecular flexibility index (Phi) is 4.16. The van der Waals surface area contributed by atoms with E-state index in [2.05, 4.69) is 4.90 Å². The van der Waals surface area contributed by atoms with E-state index in [4.69, 9.17) is 4.74 Å². The molecule has 5 heteroatoms. The summed E-state index contributed by atoms with van der Waals surface area (Å²) >= 11 is 0. The Morgan fingerprint density at radius 3 is 2.75 bits per heavy atom. The van der Waals surface area contributed by atoms with Crippen molar-refractivity contribution >= 4 is 5.91 Å². The van der Waals surface area contributed by atoms with Gasteiger partial charge in [-0.1, -0.05) is 30.3 Å². The van der Waals surface area contributed by atoms with Crippen LogP contribution >= 0.6 is 0 Å². The zero-order valence-electron chi connectivity index (χ0n) is 16.1. The number of amides is 1. The Bertz CT molecular complexity index is 900. The number of hydrogen-bond donors (Lipinski definition) is 0. The molecule has 1 spiro atoms. The third-order valence-corrected chi connectivity index (χ3v) is 6.94. The molecule has 2 aromatic carbocycles. The lowest BCUT2D eigenvalue weighted by molar-refractivity contribution is -0.137. The number of hydrogen-bond acceptors (Lipinski definition) is 3. The number of likely N-dealkylation sites (tertiary alicyclic amines) is 1. The molecule has 0 saturated carbocycles. The molecule has 0 unspecified atom stereocenters. The lowest BCUT2D eigenvalue weighted by Crippen LogP contribution is -2.49. The Morgan fingerprint density at radius 2 is 1.96 bits per heavy atom. The monoisotopic (exact) mass is 380 g/mol. The molecule has 0 aliphatic carbocycles. The van der Waals surface area contributed by atoms with Gasteiger partial charge < -0.3 is 9.64 Å². The largest absolute Gasteiger partial charge is 0.496 e. The molecule has 1 amide bonds. The van der Waals surface area contributed by atoms with Gasteiger partial charge in [-0.2, -0.15) is 0 Å². The standard InChI is InChI=1S/C23H25FN2O2/c1-28-21-6-3-2-5-17(21)14-25-15-18-13-20(16-7-9-19(24)10-8-16)26-12-4-11-23(18,26)22(25)27/h2-3,5-10,18,20H,4,11-15H2,1H3/t18-,20-,23-/m0/s1. The van der Waals surface area contributed by atoms with Crippen molar-refractivity contribution in [2.75, 3.05) is 20.2 Å². The van der Waals surface area contributed by atoms with Crippen LogP contribution in [0.3, 0.4) is 0 Å². The fourth-order valence-electron chi connectivity index (χ4n) is 5.76. The number of rotatable bonds is 4. The molecule has 146 valence electrons. The molecule has 0 N–H and O–H groups in total. The number of benzene rings is 2. The zero-order chi connectivity index (χ0) is 19.3. The first-order chi connectivity index (χ1) is 13.6. The lowest BCUT2D eigenvalue weighted by atomic mass is 9.85. The van der Waals surface area contributed by atoms with Crippen LogP contribution in [0.5, 0.6) is 5.75 Å². The van der Waals surface area contributed by atoms with E-state index < -0.39 is 0 Å². The normalized spacial score (nSPS) is 29.2. The van der Waals surface area contributed by atoms with Crippen molar-refractivity contribution in [3.63, 3.8) is 0 Å². The maximum Gasteiger partial charge on any atom is 0.243 e. The summed E-state index contributed by atoms with van der Waals surface area (Å²) in [5.74, 6) is 1.20. The first-order valence-electron chi connectivity index (χ1n) is 10.1. The number of methoxy groups -OCH3 is 1. The quantitative estimate of drug-likeness (QED) is 0.809. The van der Waals surface area contributed by atoms with E-state index in [1.54, 1.807) is 7.11 Å². The first-order valence-corrected chi connectivity index (χ1v) is 10.1. The minimum absolute atomic E-state index is 0.211. The highest BCUT2D eigenvalue weighted by Crippen LogP contribution is 2.56. The van der Waals surface area contributed by atoms with E-state index in [0.29, 0.717) is 12.5 Å². The van der Waals surface area contributed by atoms with Gasteiger partial charge in [0.1, 0.15) is 17.1 Å². The molecule has 3 atom stereocenters. The van der Waals surface area contributed by atoms with Crippen LogP contribution in [-0.2, 0) is 11.3 Å². The van der Waals surface area contributed by atoms with Gasteiger partial charge in [-0.25, -0.2) is 4.39 Å². The summed E-state index contributed by atoms with van der Waals surface area (Å²) in [6.07, 6.45) is 2.93. The summed E-state index contributed by atoms with van der Waals surface area (Å²) < 4.78 is 18.8. The molecular weight excluding hydrogens is 355 g/mol. The predicted octanol–water partition coefficient (Wildman–Crippen LogP) is 3.77.